The Morgan fingerprint density at radius 2 is 2.12 bits per heavy atom. The first-order chi connectivity index (χ1) is 8.35. The van der Waals surface area contributed by atoms with Gasteiger partial charge in [0.25, 0.3) is 0 Å². The SMILES string of the molecule is CCCCN=C(NC#N)NCCOCCNC. The molecule has 0 spiro atoms. The number of nitrogens with one attached hydrogen (secondary N) is 3. The standard InChI is InChI=1S/C11H23N5O/c1-3-4-5-14-11(16-10-12)15-7-9-17-8-6-13-2/h13H,3-9H2,1-2H3,(H2,14,15,16). The van der Waals surface area contributed by atoms with Crippen molar-refractivity contribution in [3.05, 3.63) is 0 Å². The minimum atomic E-state index is 0.526. The van der Waals surface area contributed by atoms with E-state index in [4.69, 9.17) is 10.00 Å². The first-order valence-corrected chi connectivity index (χ1v) is 6.01. The Kier molecular flexibility index (Phi) is 11.8. The van der Waals surface area contributed by atoms with Gasteiger partial charge in [-0.15, -0.1) is 0 Å². The molecule has 6 nitrogen and oxygen atoms in total. The molecule has 0 heterocycles. The molecule has 0 aliphatic rings. The lowest BCUT2D eigenvalue weighted by Gasteiger charge is -2.08. The first kappa shape index (κ1) is 15.7. The van der Waals surface area contributed by atoms with Crippen LogP contribution in [0.1, 0.15) is 19.8 Å². The second-order valence-electron chi connectivity index (χ2n) is 3.46. The topological polar surface area (TPSA) is 81.5 Å². The summed E-state index contributed by atoms with van der Waals surface area (Å²) in [5.41, 5.74) is 0. The number of nitrogens with zero attached hydrogens (tertiary/aromatic N) is 2. The molecule has 0 aliphatic carbocycles. The fourth-order valence-corrected chi connectivity index (χ4v) is 1.06. The third kappa shape index (κ3) is 11.0. The second-order valence-corrected chi connectivity index (χ2v) is 3.46. The third-order valence-electron chi connectivity index (χ3n) is 1.99. The van der Waals surface area contributed by atoms with Crippen LogP contribution in [0.25, 0.3) is 0 Å². The number of unbranched alkanes of at least 4 members (excludes halogenated alkanes) is 1. The predicted molar refractivity (Wildman–Crippen MR) is 68.7 cm³/mol. The summed E-state index contributed by atoms with van der Waals surface area (Å²) in [7, 11) is 1.89. The highest BCUT2D eigenvalue weighted by atomic mass is 16.5. The summed E-state index contributed by atoms with van der Waals surface area (Å²) in [6.07, 6.45) is 3.98. The van der Waals surface area contributed by atoms with E-state index in [0.717, 1.165) is 25.9 Å². The molecule has 0 bridgehead atoms. The van der Waals surface area contributed by atoms with Gasteiger partial charge in [0, 0.05) is 19.6 Å². The van der Waals surface area contributed by atoms with E-state index in [9.17, 15) is 0 Å². The summed E-state index contributed by atoms with van der Waals surface area (Å²) in [6.45, 7) is 5.61. The van der Waals surface area contributed by atoms with Crippen LogP contribution in [0.2, 0.25) is 0 Å². The second kappa shape index (κ2) is 12.7. The van der Waals surface area contributed by atoms with Gasteiger partial charge in [-0.2, -0.15) is 5.26 Å². The number of nitriles is 1. The molecule has 17 heavy (non-hydrogen) atoms. The molecule has 0 rings (SSSR count). The maximum absolute atomic E-state index is 8.54. The fourth-order valence-electron chi connectivity index (χ4n) is 1.06. The maximum Gasteiger partial charge on any atom is 0.204 e. The number of ether oxygens (including phenoxy) is 1. The van der Waals surface area contributed by atoms with E-state index in [0.29, 0.717) is 25.7 Å². The van der Waals surface area contributed by atoms with E-state index in [1.165, 1.54) is 0 Å². The molecule has 0 saturated carbocycles. The minimum absolute atomic E-state index is 0.526. The largest absolute Gasteiger partial charge is 0.378 e. The van der Waals surface area contributed by atoms with Crippen LogP contribution in [0.15, 0.2) is 4.99 Å². The Hall–Kier alpha value is -1.32. The highest BCUT2D eigenvalue weighted by Crippen LogP contribution is 1.86. The number of guanidine groups is 1. The zero-order chi connectivity index (χ0) is 12.8. The van der Waals surface area contributed by atoms with Crippen LogP contribution in [0.4, 0.5) is 0 Å². The molecule has 0 atom stereocenters. The highest BCUT2D eigenvalue weighted by Gasteiger charge is 1.96. The minimum Gasteiger partial charge on any atom is -0.378 e. The summed E-state index contributed by atoms with van der Waals surface area (Å²) in [5, 5.41) is 17.1. The fraction of sp³-hybridized carbons (Fsp3) is 0.818. The number of hydrogen-bond acceptors (Lipinski definition) is 4. The third-order valence-corrected chi connectivity index (χ3v) is 1.99. The molecular weight excluding hydrogens is 218 g/mol. The Morgan fingerprint density at radius 3 is 2.76 bits per heavy atom. The average molecular weight is 241 g/mol. The number of aliphatic imine (C=N–C) groups is 1. The van der Waals surface area contributed by atoms with Crippen molar-refractivity contribution in [1.82, 2.24) is 16.0 Å². The van der Waals surface area contributed by atoms with E-state index in [2.05, 4.69) is 27.9 Å². The van der Waals surface area contributed by atoms with Gasteiger partial charge in [-0.3, -0.25) is 10.3 Å². The van der Waals surface area contributed by atoms with Crippen molar-refractivity contribution in [3.63, 3.8) is 0 Å². The Labute approximate surface area is 103 Å². The van der Waals surface area contributed by atoms with E-state index >= 15 is 0 Å². The van der Waals surface area contributed by atoms with Gasteiger partial charge in [0.1, 0.15) is 0 Å². The molecule has 98 valence electrons. The normalized spacial score (nSPS) is 11.0. The molecule has 0 fully saturated rings. The Bertz CT molecular complexity index is 237. The molecule has 6 heteroatoms. The van der Waals surface area contributed by atoms with Crippen molar-refractivity contribution in [1.29, 1.82) is 5.26 Å². The molecule has 0 aromatic carbocycles. The summed E-state index contributed by atoms with van der Waals surface area (Å²) < 4.78 is 5.34. The monoisotopic (exact) mass is 241 g/mol. The number of hydrogen-bond donors (Lipinski definition) is 3. The predicted octanol–water partition coefficient (Wildman–Crippen LogP) is 0.0388. The van der Waals surface area contributed by atoms with Crippen LogP contribution in [0.3, 0.4) is 0 Å². The molecule has 0 amide bonds. The molecule has 0 aromatic rings. The van der Waals surface area contributed by atoms with Crippen molar-refractivity contribution >= 4 is 5.96 Å². The van der Waals surface area contributed by atoms with Crippen LogP contribution in [0, 0.1) is 11.5 Å². The van der Waals surface area contributed by atoms with Gasteiger partial charge < -0.3 is 15.4 Å². The summed E-state index contributed by atoms with van der Waals surface area (Å²) in [6, 6.07) is 0. The lowest BCUT2D eigenvalue weighted by Crippen LogP contribution is -2.37. The zero-order valence-corrected chi connectivity index (χ0v) is 10.8. The molecule has 0 unspecified atom stereocenters. The summed E-state index contributed by atoms with van der Waals surface area (Å²) >= 11 is 0. The van der Waals surface area contributed by atoms with Crippen molar-refractivity contribution in [2.75, 3.05) is 39.9 Å². The van der Waals surface area contributed by atoms with Gasteiger partial charge in [0.05, 0.1) is 13.2 Å². The number of likely N-dealkylation sites (N-methyl/N-ethyl adjacent to an activating group) is 1. The van der Waals surface area contributed by atoms with Gasteiger partial charge in [-0.05, 0) is 13.5 Å². The molecular formula is C11H23N5O. The molecule has 3 N–H and O–H groups in total. The van der Waals surface area contributed by atoms with Gasteiger partial charge in [-0.1, -0.05) is 13.3 Å². The van der Waals surface area contributed by atoms with Crippen LogP contribution in [0.5, 0.6) is 0 Å². The van der Waals surface area contributed by atoms with Crippen molar-refractivity contribution in [2.24, 2.45) is 4.99 Å². The Balaban J connectivity index is 3.62. The smallest absolute Gasteiger partial charge is 0.204 e. The maximum atomic E-state index is 8.54. The van der Waals surface area contributed by atoms with Gasteiger partial charge in [0.2, 0.25) is 5.96 Å². The van der Waals surface area contributed by atoms with Crippen LogP contribution in [-0.2, 0) is 4.74 Å². The van der Waals surface area contributed by atoms with Crippen LogP contribution < -0.4 is 16.0 Å². The zero-order valence-electron chi connectivity index (χ0n) is 10.8. The number of rotatable bonds is 9. The van der Waals surface area contributed by atoms with E-state index in [1.54, 1.807) is 0 Å². The van der Waals surface area contributed by atoms with Gasteiger partial charge >= 0.3 is 0 Å². The summed E-state index contributed by atoms with van der Waals surface area (Å²) in [5.74, 6) is 0.526. The highest BCUT2D eigenvalue weighted by molar-refractivity contribution is 5.81. The Morgan fingerprint density at radius 1 is 1.35 bits per heavy atom. The van der Waals surface area contributed by atoms with Crippen LogP contribution >= 0.6 is 0 Å². The molecule has 0 aromatic heterocycles. The van der Waals surface area contributed by atoms with Gasteiger partial charge in [-0.25, -0.2) is 0 Å². The molecule has 0 radical (unpaired) electrons. The lowest BCUT2D eigenvalue weighted by atomic mass is 10.3. The van der Waals surface area contributed by atoms with E-state index in [-0.39, 0.29) is 0 Å². The molecule has 0 aliphatic heterocycles. The quantitative estimate of drug-likeness (QED) is 0.175. The van der Waals surface area contributed by atoms with E-state index < -0.39 is 0 Å². The average Bonchev–Trinajstić information content (AvgIpc) is 2.34. The van der Waals surface area contributed by atoms with Gasteiger partial charge in [0.15, 0.2) is 6.19 Å². The van der Waals surface area contributed by atoms with Crippen molar-refractivity contribution < 1.29 is 4.74 Å². The van der Waals surface area contributed by atoms with Crippen molar-refractivity contribution in [3.8, 4) is 6.19 Å². The van der Waals surface area contributed by atoms with Crippen molar-refractivity contribution in [2.45, 2.75) is 19.8 Å². The first-order valence-electron chi connectivity index (χ1n) is 6.01. The van der Waals surface area contributed by atoms with Crippen LogP contribution in [-0.4, -0.2) is 45.9 Å². The van der Waals surface area contributed by atoms with E-state index in [1.807, 2.05) is 13.2 Å². The lowest BCUT2D eigenvalue weighted by molar-refractivity contribution is 0.142. The molecule has 0 saturated heterocycles. The summed E-state index contributed by atoms with van der Waals surface area (Å²) in [4.78, 5) is 4.24.